The number of aromatic nitrogens is 4. The predicted molar refractivity (Wildman–Crippen MR) is 78.3 cm³/mol. The number of alkyl halides is 3. The van der Waals surface area contributed by atoms with Gasteiger partial charge in [-0.15, -0.1) is 0 Å². The lowest BCUT2D eigenvalue weighted by atomic mass is 10.1. The zero-order valence-corrected chi connectivity index (χ0v) is 12.7. The fraction of sp³-hybridized carbons (Fsp3) is 0.214. The maximum Gasteiger partial charge on any atom is 0.416 e. The van der Waals surface area contributed by atoms with Crippen LogP contribution >= 0.6 is 0 Å². The van der Waals surface area contributed by atoms with Crippen LogP contribution in [-0.2, 0) is 12.7 Å². The Morgan fingerprint density at radius 2 is 1.96 bits per heavy atom. The summed E-state index contributed by atoms with van der Waals surface area (Å²) in [5.41, 5.74) is -0.931. The van der Waals surface area contributed by atoms with Gasteiger partial charge in [0.2, 0.25) is 11.5 Å². The molecule has 2 heterocycles. The molecule has 0 atom stereocenters. The average Bonchev–Trinajstić information content (AvgIpc) is 3.21. The Bertz CT molecular complexity index is 915. The second-order valence-electron chi connectivity index (χ2n) is 4.97. The number of nitrogens with zero attached hydrogens (tertiary/aromatic N) is 5. The topological polar surface area (TPSA) is 99.9 Å². The van der Waals surface area contributed by atoms with E-state index in [9.17, 15) is 23.3 Å². The van der Waals surface area contributed by atoms with Gasteiger partial charge in [-0.25, -0.2) is 0 Å². The lowest BCUT2D eigenvalue weighted by Crippen LogP contribution is -2.04. The molecule has 0 aliphatic rings. The molecule has 0 unspecified atom stereocenters. The minimum Gasteiger partial charge on any atom is -0.332 e. The molecule has 2 aromatic heterocycles. The molecular weight excluding hydrogens is 343 g/mol. The molecule has 0 saturated heterocycles. The van der Waals surface area contributed by atoms with Gasteiger partial charge in [0.1, 0.15) is 6.20 Å². The third kappa shape index (κ3) is 3.20. The van der Waals surface area contributed by atoms with Crippen molar-refractivity contribution >= 4 is 5.69 Å². The largest absolute Gasteiger partial charge is 0.416 e. The summed E-state index contributed by atoms with van der Waals surface area (Å²) in [4.78, 5) is 14.5. The quantitative estimate of drug-likeness (QED) is 0.525. The van der Waals surface area contributed by atoms with Crippen molar-refractivity contribution in [1.82, 2.24) is 19.9 Å². The van der Waals surface area contributed by atoms with Crippen molar-refractivity contribution in [2.75, 3.05) is 0 Å². The molecule has 8 nitrogen and oxygen atoms in total. The van der Waals surface area contributed by atoms with Gasteiger partial charge in [-0.1, -0.05) is 17.3 Å². The molecule has 0 N–H and O–H groups in total. The van der Waals surface area contributed by atoms with Crippen LogP contribution in [0.2, 0.25) is 0 Å². The van der Waals surface area contributed by atoms with E-state index in [2.05, 4.69) is 15.2 Å². The Hall–Kier alpha value is -3.24. The number of rotatable bonds is 4. The molecule has 3 aromatic rings. The summed E-state index contributed by atoms with van der Waals surface area (Å²) >= 11 is 0. The van der Waals surface area contributed by atoms with Gasteiger partial charge in [-0.05, 0) is 19.1 Å². The Kier molecular flexibility index (Phi) is 3.99. The van der Waals surface area contributed by atoms with E-state index in [1.807, 2.05) is 0 Å². The molecule has 0 saturated carbocycles. The molecule has 25 heavy (non-hydrogen) atoms. The normalized spacial score (nSPS) is 11.7. The molecule has 11 heteroatoms. The lowest BCUT2D eigenvalue weighted by Gasteiger charge is -2.05. The van der Waals surface area contributed by atoms with Crippen molar-refractivity contribution in [3.8, 4) is 23.0 Å². The number of aryl methyl sites for hydroxylation is 1. The Balaban J connectivity index is 1.96. The summed E-state index contributed by atoms with van der Waals surface area (Å²) in [6.45, 7) is 2.16. The van der Waals surface area contributed by atoms with Crippen LogP contribution in [0.3, 0.4) is 0 Å². The van der Waals surface area contributed by atoms with Gasteiger partial charge in [0.25, 0.3) is 5.89 Å². The first kappa shape index (κ1) is 16.6. The van der Waals surface area contributed by atoms with E-state index in [-0.39, 0.29) is 28.7 Å². The highest BCUT2D eigenvalue weighted by Gasteiger charge is 2.30. The van der Waals surface area contributed by atoms with E-state index >= 15 is 0 Å². The minimum atomic E-state index is -4.45. The zero-order valence-electron chi connectivity index (χ0n) is 12.7. The standard InChI is InChI=1S/C14H10F3N5O3/c1-2-21-7-10(22(23)24)11(19-21)13-18-12(20-25-13)8-3-5-9(6-4-8)14(15,16)17/h3-7H,2H2,1H3. The maximum absolute atomic E-state index is 12.6. The second-order valence-corrected chi connectivity index (χ2v) is 4.97. The van der Waals surface area contributed by atoms with Gasteiger partial charge in [0, 0.05) is 12.1 Å². The predicted octanol–water partition coefficient (Wildman–Crippen LogP) is 3.55. The number of nitro groups is 1. The van der Waals surface area contributed by atoms with E-state index < -0.39 is 16.7 Å². The summed E-state index contributed by atoms with van der Waals surface area (Å²) in [5, 5.41) is 18.7. The number of hydrogen-bond acceptors (Lipinski definition) is 6. The summed E-state index contributed by atoms with van der Waals surface area (Å²) in [6, 6.07) is 4.16. The van der Waals surface area contributed by atoms with E-state index in [0.717, 1.165) is 12.1 Å². The van der Waals surface area contributed by atoms with Crippen LogP contribution in [0.25, 0.3) is 23.0 Å². The fourth-order valence-corrected chi connectivity index (χ4v) is 2.10. The summed E-state index contributed by atoms with van der Waals surface area (Å²) in [5.74, 6) is -0.183. The van der Waals surface area contributed by atoms with E-state index in [1.165, 1.54) is 23.0 Å². The highest BCUT2D eigenvalue weighted by Crippen LogP contribution is 2.32. The molecule has 0 spiro atoms. The monoisotopic (exact) mass is 353 g/mol. The van der Waals surface area contributed by atoms with Crippen molar-refractivity contribution in [3.63, 3.8) is 0 Å². The fourth-order valence-electron chi connectivity index (χ4n) is 2.10. The third-order valence-electron chi connectivity index (χ3n) is 3.36. The van der Waals surface area contributed by atoms with Gasteiger partial charge in [0.05, 0.1) is 10.5 Å². The third-order valence-corrected chi connectivity index (χ3v) is 3.36. The molecule has 0 amide bonds. The molecule has 130 valence electrons. The lowest BCUT2D eigenvalue weighted by molar-refractivity contribution is -0.384. The molecule has 1 aromatic carbocycles. The smallest absolute Gasteiger partial charge is 0.332 e. The number of halogens is 3. The zero-order chi connectivity index (χ0) is 18.2. The molecule has 0 aliphatic carbocycles. The SMILES string of the molecule is CCn1cc([N+](=O)[O-])c(-c2nc(-c3ccc(C(F)(F)F)cc3)no2)n1. The van der Waals surface area contributed by atoms with Crippen molar-refractivity contribution in [3.05, 3.63) is 46.1 Å². The summed E-state index contributed by atoms with van der Waals surface area (Å²) in [7, 11) is 0. The van der Waals surface area contributed by atoms with E-state index in [0.29, 0.717) is 6.54 Å². The summed E-state index contributed by atoms with van der Waals surface area (Å²) < 4.78 is 44.1. The molecular formula is C14H10F3N5O3. The number of hydrogen-bond donors (Lipinski definition) is 0. The van der Waals surface area contributed by atoms with Gasteiger partial charge < -0.3 is 4.52 Å². The van der Waals surface area contributed by atoms with Crippen LogP contribution in [0.1, 0.15) is 12.5 Å². The second kappa shape index (κ2) is 6.00. The van der Waals surface area contributed by atoms with Gasteiger partial charge >= 0.3 is 11.9 Å². The number of benzene rings is 1. The maximum atomic E-state index is 12.6. The Labute approximate surface area is 138 Å². The van der Waals surface area contributed by atoms with Crippen molar-refractivity contribution in [1.29, 1.82) is 0 Å². The summed E-state index contributed by atoms with van der Waals surface area (Å²) in [6.07, 6.45) is -3.22. The van der Waals surface area contributed by atoms with E-state index in [4.69, 9.17) is 4.52 Å². The van der Waals surface area contributed by atoms with Gasteiger partial charge in [0.15, 0.2) is 0 Å². The van der Waals surface area contributed by atoms with Gasteiger partial charge in [-0.3, -0.25) is 14.8 Å². The highest BCUT2D eigenvalue weighted by molar-refractivity contribution is 5.64. The van der Waals surface area contributed by atoms with Crippen LogP contribution in [-0.4, -0.2) is 24.8 Å². The molecule has 3 rings (SSSR count). The molecule has 0 bridgehead atoms. The van der Waals surface area contributed by atoms with Crippen LogP contribution in [0.5, 0.6) is 0 Å². The van der Waals surface area contributed by atoms with Gasteiger partial charge in [-0.2, -0.15) is 23.3 Å². The first-order chi connectivity index (χ1) is 11.8. The first-order valence-corrected chi connectivity index (χ1v) is 7.03. The molecule has 0 aliphatic heterocycles. The Morgan fingerprint density at radius 3 is 2.52 bits per heavy atom. The van der Waals surface area contributed by atoms with E-state index in [1.54, 1.807) is 6.92 Å². The van der Waals surface area contributed by atoms with Crippen LogP contribution in [0, 0.1) is 10.1 Å². The van der Waals surface area contributed by atoms with Crippen molar-refractivity contribution in [2.45, 2.75) is 19.6 Å². The minimum absolute atomic E-state index is 0.00377. The highest BCUT2D eigenvalue weighted by atomic mass is 19.4. The Morgan fingerprint density at radius 1 is 1.28 bits per heavy atom. The molecule has 0 fully saturated rings. The average molecular weight is 353 g/mol. The van der Waals surface area contributed by atoms with Crippen LogP contribution in [0.15, 0.2) is 35.0 Å². The van der Waals surface area contributed by atoms with Crippen molar-refractivity contribution < 1.29 is 22.6 Å². The van der Waals surface area contributed by atoms with Crippen molar-refractivity contribution in [2.24, 2.45) is 0 Å². The molecule has 0 radical (unpaired) electrons. The van der Waals surface area contributed by atoms with Crippen LogP contribution in [0.4, 0.5) is 18.9 Å². The van der Waals surface area contributed by atoms with Crippen LogP contribution < -0.4 is 0 Å². The first-order valence-electron chi connectivity index (χ1n) is 7.03.